The first kappa shape index (κ1) is 22.0. The smallest absolute Gasteiger partial charge is 0.321 e. The molecule has 2 aromatic carbocycles. The maximum atomic E-state index is 13.7. The molecule has 0 unspecified atom stereocenters. The third-order valence-corrected chi connectivity index (χ3v) is 5.81. The molecule has 2 amide bonds. The number of benzene rings is 2. The van der Waals surface area contributed by atoms with Crippen molar-refractivity contribution in [3.8, 4) is 11.4 Å². The lowest BCUT2D eigenvalue weighted by Gasteiger charge is -2.36. The standard InChI is InChI=1S/C24H25ClFN5O/c1-3-21-16(2)27-22(17-6-4-8-19(26)14-17)29-23(21)30-10-12-31(13-11-30)24(32)28-20-9-5-7-18(25)15-20/h4-9,14-15H,3,10-13H2,1-2H3,(H,28,32). The van der Waals surface area contributed by atoms with Crippen molar-refractivity contribution in [1.82, 2.24) is 14.9 Å². The first-order valence-electron chi connectivity index (χ1n) is 10.6. The summed E-state index contributed by atoms with van der Waals surface area (Å²) in [5.74, 6) is 1.05. The largest absolute Gasteiger partial charge is 0.353 e. The molecule has 3 aromatic rings. The Balaban J connectivity index is 1.50. The molecule has 166 valence electrons. The number of urea groups is 1. The van der Waals surface area contributed by atoms with E-state index in [2.05, 4.69) is 22.1 Å². The minimum atomic E-state index is -0.316. The summed E-state index contributed by atoms with van der Waals surface area (Å²) in [5.41, 5.74) is 3.28. The van der Waals surface area contributed by atoms with Gasteiger partial charge in [-0.25, -0.2) is 19.2 Å². The molecule has 1 aliphatic rings. The first-order chi connectivity index (χ1) is 15.4. The predicted octanol–water partition coefficient (Wildman–Crippen LogP) is 5.16. The summed E-state index contributed by atoms with van der Waals surface area (Å²) in [6.07, 6.45) is 0.792. The quantitative estimate of drug-likeness (QED) is 0.592. The van der Waals surface area contributed by atoms with Crippen LogP contribution < -0.4 is 10.2 Å². The monoisotopic (exact) mass is 453 g/mol. The van der Waals surface area contributed by atoms with Gasteiger partial charge in [-0.1, -0.05) is 36.7 Å². The molecule has 4 rings (SSSR count). The highest BCUT2D eigenvalue weighted by Gasteiger charge is 2.25. The van der Waals surface area contributed by atoms with Crippen LogP contribution in [0.4, 0.5) is 20.7 Å². The molecule has 1 N–H and O–H groups in total. The Kier molecular flexibility index (Phi) is 6.55. The average molecular weight is 454 g/mol. The van der Waals surface area contributed by atoms with Gasteiger partial charge in [0.25, 0.3) is 0 Å². The fraction of sp³-hybridized carbons (Fsp3) is 0.292. The number of hydrogen-bond acceptors (Lipinski definition) is 4. The Bertz CT molecular complexity index is 1130. The van der Waals surface area contributed by atoms with E-state index in [1.165, 1.54) is 12.1 Å². The molecule has 1 aliphatic heterocycles. The Morgan fingerprint density at radius 3 is 2.53 bits per heavy atom. The van der Waals surface area contributed by atoms with Gasteiger partial charge in [-0.15, -0.1) is 0 Å². The van der Waals surface area contributed by atoms with E-state index < -0.39 is 0 Å². The van der Waals surface area contributed by atoms with Crippen molar-refractivity contribution >= 4 is 29.1 Å². The van der Waals surface area contributed by atoms with Crippen LogP contribution in [0.5, 0.6) is 0 Å². The number of amides is 2. The molecular weight excluding hydrogens is 429 g/mol. The predicted molar refractivity (Wildman–Crippen MR) is 126 cm³/mol. The van der Waals surface area contributed by atoms with Gasteiger partial charge in [0, 0.05) is 53.7 Å². The molecular formula is C24H25ClFN5O. The summed E-state index contributed by atoms with van der Waals surface area (Å²) in [6.45, 7) is 6.46. The lowest BCUT2D eigenvalue weighted by Crippen LogP contribution is -2.50. The van der Waals surface area contributed by atoms with Gasteiger partial charge in [-0.3, -0.25) is 0 Å². The summed E-state index contributed by atoms with van der Waals surface area (Å²) in [7, 11) is 0. The van der Waals surface area contributed by atoms with Crippen molar-refractivity contribution in [2.45, 2.75) is 20.3 Å². The summed E-state index contributed by atoms with van der Waals surface area (Å²) in [5, 5.41) is 3.47. The number of nitrogens with zero attached hydrogens (tertiary/aromatic N) is 4. The molecule has 0 bridgehead atoms. The van der Waals surface area contributed by atoms with E-state index in [0.717, 1.165) is 23.5 Å². The molecule has 1 aromatic heterocycles. The zero-order valence-corrected chi connectivity index (χ0v) is 18.9. The number of carbonyl (C=O) groups is 1. The molecule has 2 heterocycles. The summed E-state index contributed by atoms with van der Waals surface area (Å²) >= 11 is 6.00. The van der Waals surface area contributed by atoms with E-state index in [4.69, 9.17) is 16.6 Å². The SMILES string of the molecule is CCc1c(C)nc(-c2cccc(F)c2)nc1N1CCN(C(=O)Nc2cccc(Cl)c2)CC1. The number of piperazine rings is 1. The van der Waals surface area contributed by atoms with E-state index in [9.17, 15) is 9.18 Å². The number of anilines is 2. The van der Waals surface area contributed by atoms with E-state index in [1.54, 1.807) is 29.2 Å². The third kappa shape index (κ3) is 4.83. The second kappa shape index (κ2) is 9.53. The Hall–Kier alpha value is -3.19. The molecule has 0 spiro atoms. The van der Waals surface area contributed by atoms with Crippen molar-refractivity contribution in [2.24, 2.45) is 0 Å². The number of halogens is 2. The fourth-order valence-corrected chi connectivity index (χ4v) is 4.09. The van der Waals surface area contributed by atoms with E-state index in [1.807, 2.05) is 19.1 Å². The fourth-order valence-electron chi connectivity index (χ4n) is 3.90. The lowest BCUT2D eigenvalue weighted by molar-refractivity contribution is 0.208. The average Bonchev–Trinajstić information content (AvgIpc) is 2.78. The molecule has 1 saturated heterocycles. The van der Waals surface area contributed by atoms with Crippen LogP contribution in [0.2, 0.25) is 5.02 Å². The molecule has 1 fully saturated rings. The molecule has 0 aliphatic carbocycles. The van der Waals surface area contributed by atoms with Crippen molar-refractivity contribution in [2.75, 3.05) is 36.4 Å². The normalized spacial score (nSPS) is 13.9. The lowest BCUT2D eigenvalue weighted by atomic mass is 10.1. The van der Waals surface area contributed by atoms with E-state index in [0.29, 0.717) is 48.3 Å². The van der Waals surface area contributed by atoms with Crippen molar-refractivity contribution in [3.05, 3.63) is 70.6 Å². The molecule has 0 atom stereocenters. The Morgan fingerprint density at radius 2 is 1.84 bits per heavy atom. The highest BCUT2D eigenvalue weighted by molar-refractivity contribution is 6.30. The highest BCUT2D eigenvalue weighted by Crippen LogP contribution is 2.27. The highest BCUT2D eigenvalue weighted by atomic mass is 35.5. The van der Waals surface area contributed by atoms with Gasteiger partial charge in [0.15, 0.2) is 5.82 Å². The third-order valence-electron chi connectivity index (χ3n) is 5.57. The molecule has 0 radical (unpaired) electrons. The van der Waals surface area contributed by atoms with Crippen LogP contribution in [-0.4, -0.2) is 47.1 Å². The number of carbonyl (C=O) groups excluding carboxylic acids is 1. The zero-order valence-electron chi connectivity index (χ0n) is 18.1. The number of rotatable bonds is 4. The Morgan fingerprint density at radius 1 is 1.09 bits per heavy atom. The van der Waals surface area contributed by atoms with Crippen LogP contribution in [0.15, 0.2) is 48.5 Å². The number of aryl methyl sites for hydroxylation is 1. The van der Waals surface area contributed by atoms with E-state index >= 15 is 0 Å². The summed E-state index contributed by atoms with van der Waals surface area (Å²) in [4.78, 5) is 26.0. The van der Waals surface area contributed by atoms with Crippen LogP contribution in [0.1, 0.15) is 18.2 Å². The van der Waals surface area contributed by atoms with E-state index in [-0.39, 0.29) is 11.8 Å². The van der Waals surface area contributed by atoms with Gasteiger partial charge < -0.3 is 15.1 Å². The van der Waals surface area contributed by atoms with Crippen LogP contribution in [0.3, 0.4) is 0 Å². The van der Waals surface area contributed by atoms with Crippen molar-refractivity contribution < 1.29 is 9.18 Å². The maximum Gasteiger partial charge on any atom is 0.321 e. The van der Waals surface area contributed by atoms with Crippen molar-refractivity contribution in [1.29, 1.82) is 0 Å². The second-order valence-corrected chi connectivity index (χ2v) is 8.15. The van der Waals surface area contributed by atoms with Gasteiger partial charge in [0.2, 0.25) is 0 Å². The topological polar surface area (TPSA) is 61.4 Å². The van der Waals surface area contributed by atoms with Crippen molar-refractivity contribution in [3.63, 3.8) is 0 Å². The first-order valence-corrected chi connectivity index (χ1v) is 11.0. The summed E-state index contributed by atoms with van der Waals surface area (Å²) in [6, 6.07) is 13.3. The second-order valence-electron chi connectivity index (χ2n) is 7.71. The minimum absolute atomic E-state index is 0.151. The van der Waals surface area contributed by atoms with Gasteiger partial charge in [0.1, 0.15) is 11.6 Å². The molecule has 0 saturated carbocycles. The molecule has 8 heteroatoms. The van der Waals surface area contributed by atoms with Gasteiger partial charge in [-0.2, -0.15) is 0 Å². The van der Waals surface area contributed by atoms with Gasteiger partial charge in [0.05, 0.1) is 0 Å². The number of nitrogens with one attached hydrogen (secondary N) is 1. The maximum absolute atomic E-state index is 13.7. The zero-order chi connectivity index (χ0) is 22.7. The van der Waals surface area contributed by atoms with Gasteiger partial charge >= 0.3 is 6.03 Å². The number of hydrogen-bond donors (Lipinski definition) is 1. The summed E-state index contributed by atoms with van der Waals surface area (Å²) < 4.78 is 13.7. The molecule has 6 nitrogen and oxygen atoms in total. The van der Waals surface area contributed by atoms with Crippen LogP contribution in [-0.2, 0) is 6.42 Å². The van der Waals surface area contributed by atoms with Crippen LogP contribution >= 0.6 is 11.6 Å². The van der Waals surface area contributed by atoms with Crippen LogP contribution in [0, 0.1) is 12.7 Å². The Labute approximate surface area is 192 Å². The van der Waals surface area contributed by atoms with Crippen LogP contribution in [0.25, 0.3) is 11.4 Å². The van der Waals surface area contributed by atoms with Gasteiger partial charge in [-0.05, 0) is 43.7 Å². The number of aromatic nitrogens is 2. The molecule has 32 heavy (non-hydrogen) atoms. The minimum Gasteiger partial charge on any atom is -0.353 e.